The number of likely N-dealkylation sites (N-methyl/N-ethyl adjacent to an activating group) is 1. The van der Waals surface area contributed by atoms with Gasteiger partial charge in [-0.25, -0.2) is 4.79 Å². The Morgan fingerprint density at radius 1 is 1.23 bits per heavy atom. The Morgan fingerprint density at radius 2 is 1.69 bits per heavy atom. The van der Waals surface area contributed by atoms with Crippen LogP contribution in [0.4, 0.5) is 0 Å². The molecule has 0 rings (SSSR count). The zero-order valence-electron chi connectivity index (χ0n) is 16.9. The normalized spacial score (nSPS) is 12.5. The first-order chi connectivity index (χ1) is 11.9. The molecule has 8 nitrogen and oxygen atoms in total. The Kier molecular flexibility index (Phi) is 14.0. The SMILES string of the molecule is C=C(C)C(=O)OCC/[P+]([O-])=C(\O)C[N+](C)(C)C.C=C[Si](OC)(OC)OC. The lowest BCUT2D eigenvalue weighted by Gasteiger charge is -2.22. The van der Waals surface area contributed by atoms with Crippen LogP contribution in [0.5, 0.6) is 0 Å². The fourth-order valence-corrected chi connectivity index (χ4v) is 3.57. The zero-order chi connectivity index (χ0) is 21.0. The molecule has 10 heteroatoms. The molecular formula is C16H33NO7PSi+. The number of nitrogens with zero attached hydrogens (tertiary/aromatic N) is 1. The summed E-state index contributed by atoms with van der Waals surface area (Å²) in [7, 11) is 6.01. The van der Waals surface area contributed by atoms with Crippen molar-refractivity contribution in [2.45, 2.75) is 6.92 Å². The molecule has 1 unspecified atom stereocenters. The highest BCUT2D eigenvalue weighted by Crippen LogP contribution is 2.13. The number of aliphatic hydroxyl groups is 1. The van der Waals surface area contributed by atoms with Crippen LogP contribution in [0.15, 0.2) is 24.4 Å². The number of rotatable bonds is 10. The number of carbonyl (C=O) groups excluding carboxylic acids is 1. The van der Waals surface area contributed by atoms with E-state index in [1.807, 2.05) is 21.1 Å². The average Bonchev–Trinajstić information content (AvgIpc) is 2.56. The number of quaternary nitrogens is 1. The number of ether oxygens (including phenoxy) is 1. The molecule has 0 radical (unpaired) electrons. The molecule has 0 bridgehead atoms. The minimum atomic E-state index is -2.43. The molecular weight excluding hydrogens is 377 g/mol. The molecule has 1 N–H and O–H groups in total. The molecule has 0 amide bonds. The van der Waals surface area contributed by atoms with Gasteiger partial charge in [0.2, 0.25) is 0 Å². The molecule has 0 spiro atoms. The van der Waals surface area contributed by atoms with Gasteiger partial charge in [-0.3, -0.25) is 0 Å². The van der Waals surface area contributed by atoms with E-state index in [1.165, 1.54) is 0 Å². The van der Waals surface area contributed by atoms with E-state index < -0.39 is 22.5 Å². The van der Waals surface area contributed by atoms with Crippen LogP contribution < -0.4 is 4.89 Å². The number of aliphatic hydroxyl groups excluding tert-OH is 1. The van der Waals surface area contributed by atoms with Crippen LogP contribution in [0, 0.1) is 0 Å². The lowest BCUT2D eigenvalue weighted by Crippen LogP contribution is -2.40. The van der Waals surface area contributed by atoms with Crippen LogP contribution in [0.3, 0.4) is 0 Å². The van der Waals surface area contributed by atoms with E-state index in [0.717, 1.165) is 0 Å². The van der Waals surface area contributed by atoms with Gasteiger partial charge in [0.25, 0.3) is 5.48 Å². The highest BCUT2D eigenvalue weighted by Gasteiger charge is 2.33. The quantitative estimate of drug-likeness (QED) is 0.186. The van der Waals surface area contributed by atoms with Crippen molar-refractivity contribution in [1.29, 1.82) is 0 Å². The summed E-state index contributed by atoms with van der Waals surface area (Å²) in [6.07, 6.45) is 0.139. The van der Waals surface area contributed by atoms with Crippen LogP contribution in [0.2, 0.25) is 0 Å². The van der Waals surface area contributed by atoms with Crippen molar-refractivity contribution in [1.82, 2.24) is 0 Å². The molecule has 0 aromatic rings. The van der Waals surface area contributed by atoms with Gasteiger partial charge in [-0.15, -0.1) is 0 Å². The monoisotopic (exact) mass is 410 g/mol. The summed E-state index contributed by atoms with van der Waals surface area (Å²) in [5, 5.41) is 9.59. The first-order valence-corrected chi connectivity index (χ1v) is 11.0. The van der Waals surface area contributed by atoms with Crippen LogP contribution in [-0.2, 0) is 22.8 Å². The zero-order valence-corrected chi connectivity index (χ0v) is 18.8. The maximum absolute atomic E-state index is 11.6. The van der Waals surface area contributed by atoms with E-state index >= 15 is 0 Å². The van der Waals surface area contributed by atoms with Gasteiger partial charge in [-0.1, -0.05) is 13.2 Å². The summed E-state index contributed by atoms with van der Waals surface area (Å²) >= 11 is 0. The standard InChI is InChI=1S/C11H20NO4P.C5H12O3Si/c1-9(2)11(14)16-6-7-17(15)10(13)8-12(3,4)5;1-5-9(6-2,7-3)8-4/h1,6-8H2,2-5H3;5H,1H2,2-4H3/p+1. The number of hydrogen-bond acceptors (Lipinski definition) is 6. The van der Waals surface area contributed by atoms with E-state index in [2.05, 4.69) is 13.2 Å². The van der Waals surface area contributed by atoms with Gasteiger partial charge < -0.3 is 32.5 Å². The molecule has 0 aromatic heterocycles. The molecule has 26 heavy (non-hydrogen) atoms. The second-order valence-corrected chi connectivity index (χ2v) is 10.9. The van der Waals surface area contributed by atoms with Crippen molar-refractivity contribution in [2.75, 3.05) is 61.8 Å². The van der Waals surface area contributed by atoms with E-state index in [4.69, 9.17) is 18.0 Å². The van der Waals surface area contributed by atoms with Crippen molar-refractivity contribution in [3.05, 3.63) is 24.4 Å². The minimum Gasteiger partial charge on any atom is -0.628 e. The molecule has 0 aliphatic heterocycles. The molecule has 0 heterocycles. The van der Waals surface area contributed by atoms with Gasteiger partial charge in [0.15, 0.2) is 6.54 Å². The maximum atomic E-state index is 11.6. The van der Waals surface area contributed by atoms with Gasteiger partial charge >= 0.3 is 14.8 Å². The van der Waals surface area contributed by atoms with Gasteiger partial charge in [0.05, 0.1) is 28.9 Å². The predicted octanol–water partition coefficient (Wildman–Crippen LogP) is 0.661. The Bertz CT molecular complexity index is 491. The summed E-state index contributed by atoms with van der Waals surface area (Å²) in [4.78, 5) is 22.6. The Hall–Kier alpha value is -0.903. The highest BCUT2D eigenvalue weighted by atomic mass is 31.1. The van der Waals surface area contributed by atoms with Crippen molar-refractivity contribution in [3.8, 4) is 0 Å². The molecule has 0 saturated heterocycles. The van der Waals surface area contributed by atoms with Gasteiger partial charge in [0, 0.05) is 26.9 Å². The first-order valence-electron chi connectivity index (χ1n) is 7.79. The van der Waals surface area contributed by atoms with Gasteiger partial charge in [-0.2, -0.15) is 0 Å². The van der Waals surface area contributed by atoms with Crippen molar-refractivity contribution >= 4 is 28.0 Å². The van der Waals surface area contributed by atoms with Gasteiger partial charge in [0.1, 0.15) is 12.8 Å². The second-order valence-electron chi connectivity index (χ2n) is 6.30. The molecule has 0 saturated carbocycles. The van der Waals surface area contributed by atoms with Crippen LogP contribution in [0.25, 0.3) is 0 Å². The van der Waals surface area contributed by atoms with Crippen LogP contribution >= 0.6 is 7.77 Å². The van der Waals surface area contributed by atoms with E-state index in [0.29, 0.717) is 16.6 Å². The number of carbonyl (C=O) groups is 1. The van der Waals surface area contributed by atoms with Crippen molar-refractivity contribution < 1.29 is 37.3 Å². The van der Waals surface area contributed by atoms with E-state index in [9.17, 15) is 14.8 Å². The summed E-state index contributed by atoms with van der Waals surface area (Å²) < 4.78 is 20.2. The fourth-order valence-electron chi connectivity index (χ4n) is 1.48. The summed E-state index contributed by atoms with van der Waals surface area (Å²) in [5.41, 5.74) is 1.84. The summed E-state index contributed by atoms with van der Waals surface area (Å²) in [5.74, 6) is -0.500. The Morgan fingerprint density at radius 3 is 1.96 bits per heavy atom. The summed E-state index contributed by atoms with van der Waals surface area (Å²) in [6.45, 7) is 8.86. The van der Waals surface area contributed by atoms with E-state index in [-0.39, 0.29) is 18.2 Å². The minimum absolute atomic E-state index is 0.0299. The molecule has 1 atom stereocenters. The van der Waals surface area contributed by atoms with Crippen LogP contribution in [0.1, 0.15) is 6.92 Å². The molecule has 152 valence electrons. The summed E-state index contributed by atoms with van der Waals surface area (Å²) in [6, 6.07) is 0. The molecule has 0 aliphatic carbocycles. The highest BCUT2D eigenvalue weighted by molar-refractivity contribution is 7.51. The third kappa shape index (κ3) is 12.5. The Labute approximate surface area is 159 Å². The third-order valence-electron chi connectivity index (χ3n) is 2.88. The van der Waals surface area contributed by atoms with E-state index in [1.54, 1.807) is 34.0 Å². The van der Waals surface area contributed by atoms with Gasteiger partial charge in [-0.05, 0) is 12.6 Å². The predicted molar refractivity (Wildman–Crippen MR) is 104 cm³/mol. The number of esters is 1. The third-order valence-corrected chi connectivity index (χ3v) is 6.40. The molecule has 0 fully saturated rings. The first kappa shape index (κ1) is 27.3. The fraction of sp³-hybridized carbons (Fsp3) is 0.625. The maximum Gasteiger partial charge on any atom is 0.528 e. The molecule has 0 aliphatic rings. The number of hydrogen-bond donors (Lipinski definition) is 1. The van der Waals surface area contributed by atoms with Crippen molar-refractivity contribution in [2.24, 2.45) is 0 Å². The lowest BCUT2D eigenvalue weighted by molar-refractivity contribution is -0.861. The van der Waals surface area contributed by atoms with Crippen molar-refractivity contribution in [3.63, 3.8) is 0 Å². The largest absolute Gasteiger partial charge is 0.628 e. The smallest absolute Gasteiger partial charge is 0.528 e. The average molecular weight is 411 g/mol. The molecule has 0 aromatic carbocycles. The second kappa shape index (κ2) is 13.3. The lowest BCUT2D eigenvalue weighted by atomic mass is 10.4. The topological polar surface area (TPSA) is 97.3 Å². The Balaban J connectivity index is 0. The van der Waals surface area contributed by atoms with Crippen LogP contribution in [-0.4, -0.2) is 91.6 Å².